The van der Waals surface area contributed by atoms with Crippen molar-refractivity contribution in [1.29, 1.82) is 0 Å². The summed E-state index contributed by atoms with van der Waals surface area (Å²) in [6, 6.07) is 8.22. The van der Waals surface area contributed by atoms with Crippen LogP contribution in [0.1, 0.15) is 37.9 Å². The molecule has 1 heterocycles. The van der Waals surface area contributed by atoms with E-state index in [1.165, 1.54) is 16.5 Å². The summed E-state index contributed by atoms with van der Waals surface area (Å²) < 4.78 is 5.28. The topological polar surface area (TPSA) is 22.1 Å². The van der Waals surface area contributed by atoms with Crippen molar-refractivity contribution in [2.75, 3.05) is 7.11 Å². The van der Waals surface area contributed by atoms with E-state index in [0.29, 0.717) is 0 Å². The summed E-state index contributed by atoms with van der Waals surface area (Å²) >= 11 is 0. The molecule has 110 valence electrons. The lowest BCUT2D eigenvalue weighted by atomic mass is 10.0. The van der Waals surface area contributed by atoms with Crippen molar-refractivity contribution in [3.63, 3.8) is 0 Å². The number of aryl methyl sites for hydroxylation is 1. The van der Waals surface area contributed by atoms with Gasteiger partial charge in [-0.25, -0.2) is 4.98 Å². The number of rotatable bonds is 2. The van der Waals surface area contributed by atoms with E-state index >= 15 is 0 Å². The molecule has 0 amide bonds. The van der Waals surface area contributed by atoms with E-state index in [2.05, 4.69) is 37.3 Å². The number of hydrogen-bond acceptors (Lipinski definition) is 2. The van der Waals surface area contributed by atoms with E-state index < -0.39 is 0 Å². The van der Waals surface area contributed by atoms with Crippen LogP contribution >= 0.6 is 0 Å². The predicted octanol–water partition coefficient (Wildman–Crippen LogP) is 5.31. The lowest BCUT2D eigenvalue weighted by Gasteiger charge is -2.10. The standard InChI is InChI=1S/C17H17NO.C2H6/c1-12-10-16(13-6-4-3-5-7-13)18-17-11-14(19-2)8-9-15(12)17;1-2/h4,6-11H,3,5H2,1-2H3;1-2H3. The van der Waals surface area contributed by atoms with Crippen LogP contribution in [0.15, 0.2) is 42.5 Å². The van der Waals surface area contributed by atoms with Gasteiger partial charge in [0.15, 0.2) is 0 Å². The molecule has 0 N–H and O–H groups in total. The molecule has 2 heteroatoms. The molecular formula is C19H23NO. The monoisotopic (exact) mass is 281 g/mol. The zero-order chi connectivity index (χ0) is 15.2. The number of ether oxygens (including phenoxy) is 1. The van der Waals surface area contributed by atoms with Gasteiger partial charge < -0.3 is 4.74 Å². The molecule has 0 unspecified atom stereocenters. The Labute approximate surface area is 127 Å². The third kappa shape index (κ3) is 3.33. The molecule has 3 rings (SSSR count). The van der Waals surface area contributed by atoms with Crippen LogP contribution in [0.3, 0.4) is 0 Å². The maximum atomic E-state index is 5.28. The largest absolute Gasteiger partial charge is 0.497 e. The predicted molar refractivity (Wildman–Crippen MR) is 90.7 cm³/mol. The molecule has 0 atom stereocenters. The SMILES string of the molecule is CC.COc1ccc2c(C)cc(C3=CCCC=C3)nc2c1. The van der Waals surface area contributed by atoms with Crippen LogP contribution in [0.4, 0.5) is 0 Å². The Kier molecular flexibility index (Phi) is 5.15. The van der Waals surface area contributed by atoms with Gasteiger partial charge in [-0.3, -0.25) is 0 Å². The maximum absolute atomic E-state index is 5.28. The first-order valence-corrected chi connectivity index (χ1v) is 7.60. The van der Waals surface area contributed by atoms with Gasteiger partial charge in [0.2, 0.25) is 0 Å². The van der Waals surface area contributed by atoms with Gasteiger partial charge in [-0.05, 0) is 49.1 Å². The van der Waals surface area contributed by atoms with Crippen molar-refractivity contribution < 1.29 is 4.74 Å². The van der Waals surface area contributed by atoms with Crippen LogP contribution < -0.4 is 4.74 Å². The second kappa shape index (κ2) is 7.07. The smallest absolute Gasteiger partial charge is 0.121 e. The number of allylic oxidation sites excluding steroid dienone is 4. The maximum Gasteiger partial charge on any atom is 0.121 e. The van der Waals surface area contributed by atoms with Crippen LogP contribution in [-0.4, -0.2) is 12.1 Å². The van der Waals surface area contributed by atoms with E-state index in [9.17, 15) is 0 Å². The highest BCUT2D eigenvalue weighted by molar-refractivity contribution is 5.86. The van der Waals surface area contributed by atoms with Gasteiger partial charge in [0, 0.05) is 11.5 Å². The first kappa shape index (κ1) is 15.3. The molecule has 21 heavy (non-hydrogen) atoms. The van der Waals surface area contributed by atoms with Crippen LogP contribution in [0.5, 0.6) is 5.75 Å². The highest BCUT2D eigenvalue weighted by Gasteiger charge is 2.07. The first-order valence-electron chi connectivity index (χ1n) is 7.60. The molecule has 1 aromatic heterocycles. The fraction of sp³-hybridized carbons (Fsp3) is 0.316. The minimum Gasteiger partial charge on any atom is -0.497 e. The lowest BCUT2D eigenvalue weighted by Crippen LogP contribution is -1.94. The Morgan fingerprint density at radius 1 is 1.10 bits per heavy atom. The summed E-state index contributed by atoms with van der Waals surface area (Å²) in [6.07, 6.45) is 8.86. The number of aromatic nitrogens is 1. The number of pyridine rings is 1. The molecule has 2 nitrogen and oxygen atoms in total. The molecule has 1 aliphatic carbocycles. The highest BCUT2D eigenvalue weighted by Crippen LogP contribution is 2.27. The van der Waals surface area contributed by atoms with Crippen molar-refractivity contribution in [3.8, 4) is 5.75 Å². The Balaban J connectivity index is 0.000000774. The van der Waals surface area contributed by atoms with Crippen LogP contribution in [0.2, 0.25) is 0 Å². The first-order chi connectivity index (χ1) is 10.3. The molecule has 0 saturated heterocycles. The third-order valence-electron chi connectivity index (χ3n) is 3.51. The van der Waals surface area contributed by atoms with E-state index in [-0.39, 0.29) is 0 Å². The number of benzene rings is 1. The second-order valence-corrected chi connectivity index (χ2v) is 4.85. The molecule has 0 aliphatic heterocycles. The van der Waals surface area contributed by atoms with Crippen LogP contribution in [0.25, 0.3) is 16.5 Å². The quantitative estimate of drug-likeness (QED) is 0.744. The van der Waals surface area contributed by atoms with Gasteiger partial charge in [0.25, 0.3) is 0 Å². The van der Waals surface area contributed by atoms with Gasteiger partial charge in [0.1, 0.15) is 5.75 Å². The summed E-state index contributed by atoms with van der Waals surface area (Å²) in [6.45, 7) is 6.13. The Morgan fingerprint density at radius 3 is 2.57 bits per heavy atom. The molecule has 0 radical (unpaired) electrons. The fourth-order valence-corrected chi connectivity index (χ4v) is 2.46. The van der Waals surface area contributed by atoms with Gasteiger partial charge >= 0.3 is 0 Å². The summed E-state index contributed by atoms with van der Waals surface area (Å²) in [4.78, 5) is 4.77. The number of nitrogens with zero attached hydrogens (tertiary/aromatic N) is 1. The highest BCUT2D eigenvalue weighted by atomic mass is 16.5. The summed E-state index contributed by atoms with van der Waals surface area (Å²) in [7, 11) is 1.68. The normalized spacial score (nSPS) is 13.4. The number of hydrogen-bond donors (Lipinski definition) is 0. The average molecular weight is 281 g/mol. The summed E-state index contributed by atoms with van der Waals surface area (Å²) in [5.74, 6) is 0.852. The van der Waals surface area contributed by atoms with Gasteiger partial charge in [-0.15, -0.1) is 0 Å². The van der Waals surface area contributed by atoms with Crippen molar-refractivity contribution in [2.45, 2.75) is 33.6 Å². The molecule has 0 spiro atoms. The van der Waals surface area contributed by atoms with Crippen LogP contribution in [-0.2, 0) is 0 Å². The molecule has 0 fully saturated rings. The molecule has 1 aliphatic rings. The summed E-state index contributed by atoms with van der Waals surface area (Å²) in [5, 5.41) is 1.19. The van der Waals surface area contributed by atoms with Gasteiger partial charge in [0.05, 0.1) is 18.3 Å². The molecular weight excluding hydrogens is 258 g/mol. The number of fused-ring (bicyclic) bond motifs is 1. The van der Waals surface area contributed by atoms with Crippen molar-refractivity contribution >= 4 is 16.5 Å². The fourth-order valence-electron chi connectivity index (χ4n) is 2.46. The molecule has 1 aromatic carbocycles. The Hall–Kier alpha value is -2.09. The van der Waals surface area contributed by atoms with E-state index in [1.807, 2.05) is 26.0 Å². The van der Waals surface area contributed by atoms with Crippen molar-refractivity contribution in [1.82, 2.24) is 4.98 Å². The van der Waals surface area contributed by atoms with Gasteiger partial charge in [-0.1, -0.05) is 32.1 Å². The minimum absolute atomic E-state index is 0.852. The zero-order valence-electron chi connectivity index (χ0n) is 13.3. The van der Waals surface area contributed by atoms with Gasteiger partial charge in [-0.2, -0.15) is 0 Å². The average Bonchev–Trinajstić information content (AvgIpc) is 2.57. The molecule has 2 aromatic rings. The lowest BCUT2D eigenvalue weighted by molar-refractivity contribution is 0.415. The Bertz CT molecular complexity index is 683. The minimum atomic E-state index is 0.852. The summed E-state index contributed by atoms with van der Waals surface area (Å²) in [5.41, 5.74) is 4.52. The third-order valence-corrected chi connectivity index (χ3v) is 3.51. The second-order valence-electron chi connectivity index (χ2n) is 4.85. The zero-order valence-corrected chi connectivity index (χ0v) is 13.3. The van der Waals surface area contributed by atoms with E-state index in [1.54, 1.807) is 7.11 Å². The van der Waals surface area contributed by atoms with Crippen LogP contribution in [0, 0.1) is 6.92 Å². The van der Waals surface area contributed by atoms with E-state index in [4.69, 9.17) is 9.72 Å². The molecule has 0 saturated carbocycles. The Morgan fingerprint density at radius 2 is 1.90 bits per heavy atom. The van der Waals surface area contributed by atoms with E-state index in [0.717, 1.165) is 29.8 Å². The van der Waals surface area contributed by atoms with Crippen molar-refractivity contribution in [2.24, 2.45) is 0 Å². The van der Waals surface area contributed by atoms with Crippen molar-refractivity contribution in [3.05, 3.63) is 53.8 Å². The molecule has 0 bridgehead atoms. The number of methoxy groups -OCH3 is 1.